The van der Waals surface area contributed by atoms with E-state index in [0.29, 0.717) is 12.3 Å². The molecule has 0 aromatic heterocycles. The minimum Gasteiger partial charge on any atom is -0.394 e. The van der Waals surface area contributed by atoms with Crippen molar-refractivity contribution in [2.75, 3.05) is 11.9 Å². The van der Waals surface area contributed by atoms with Crippen molar-refractivity contribution in [2.45, 2.75) is 39.2 Å². The Hall–Kier alpha value is -1.88. The molecule has 0 bridgehead atoms. The summed E-state index contributed by atoms with van der Waals surface area (Å²) >= 11 is 0. The molecule has 1 saturated carbocycles. The molecule has 3 atom stereocenters. The van der Waals surface area contributed by atoms with Crippen LogP contribution in [0.25, 0.3) is 0 Å². The van der Waals surface area contributed by atoms with Gasteiger partial charge in [0.15, 0.2) is 0 Å². The molecule has 5 heteroatoms. The van der Waals surface area contributed by atoms with Crippen molar-refractivity contribution in [3.63, 3.8) is 0 Å². The predicted molar refractivity (Wildman–Crippen MR) is 85.4 cm³/mol. The van der Waals surface area contributed by atoms with E-state index in [1.807, 2.05) is 31.2 Å². The van der Waals surface area contributed by atoms with Crippen molar-refractivity contribution in [1.82, 2.24) is 5.32 Å². The fraction of sp³-hybridized carbons (Fsp3) is 0.529. The Labute approximate surface area is 131 Å². The smallest absolute Gasteiger partial charge is 0.227 e. The average molecular weight is 304 g/mol. The number of carbonyl (C=O) groups is 2. The molecule has 1 aromatic rings. The lowest BCUT2D eigenvalue weighted by Gasteiger charge is -2.14. The summed E-state index contributed by atoms with van der Waals surface area (Å²) in [5, 5.41) is 14.7. The molecule has 0 radical (unpaired) electrons. The molecule has 1 aliphatic rings. The minimum atomic E-state index is -0.188. The van der Waals surface area contributed by atoms with Gasteiger partial charge in [-0.2, -0.15) is 0 Å². The van der Waals surface area contributed by atoms with Gasteiger partial charge in [-0.05, 0) is 36.5 Å². The molecule has 0 unspecified atom stereocenters. The SMILES string of the molecule is CC[C@H](CO)NC(=O)Cc1ccc(NC(=O)[C@@H]2C[C@H]2C)cc1. The molecule has 2 rings (SSSR count). The molecular formula is C17H24N2O3. The van der Waals surface area contributed by atoms with Gasteiger partial charge in [0.2, 0.25) is 11.8 Å². The first-order valence-electron chi connectivity index (χ1n) is 7.83. The number of hydrogen-bond acceptors (Lipinski definition) is 3. The molecule has 1 fully saturated rings. The summed E-state index contributed by atoms with van der Waals surface area (Å²) in [5.74, 6) is 0.604. The maximum atomic E-state index is 11.8. The number of aliphatic hydroxyl groups is 1. The lowest BCUT2D eigenvalue weighted by molar-refractivity contribution is -0.121. The molecule has 0 saturated heterocycles. The van der Waals surface area contributed by atoms with Crippen molar-refractivity contribution in [3.8, 4) is 0 Å². The predicted octanol–water partition coefficient (Wildman–Crippen LogP) is 1.71. The summed E-state index contributed by atoms with van der Waals surface area (Å²) < 4.78 is 0. The van der Waals surface area contributed by atoms with Crippen LogP contribution in [0, 0.1) is 11.8 Å². The van der Waals surface area contributed by atoms with E-state index in [1.165, 1.54) is 0 Å². The number of rotatable bonds is 7. The number of benzene rings is 1. The van der Waals surface area contributed by atoms with Crippen molar-refractivity contribution >= 4 is 17.5 Å². The maximum absolute atomic E-state index is 11.8. The highest BCUT2D eigenvalue weighted by atomic mass is 16.3. The molecule has 0 aliphatic heterocycles. The molecule has 1 aromatic carbocycles. The van der Waals surface area contributed by atoms with Crippen LogP contribution in [0.15, 0.2) is 24.3 Å². The molecular weight excluding hydrogens is 280 g/mol. The molecule has 120 valence electrons. The van der Waals surface area contributed by atoms with Crippen molar-refractivity contribution in [3.05, 3.63) is 29.8 Å². The van der Waals surface area contributed by atoms with Gasteiger partial charge in [-0.1, -0.05) is 26.0 Å². The number of aliphatic hydroxyl groups excluding tert-OH is 1. The van der Waals surface area contributed by atoms with Crippen LogP contribution in [-0.4, -0.2) is 29.6 Å². The van der Waals surface area contributed by atoms with Gasteiger partial charge < -0.3 is 15.7 Å². The summed E-state index contributed by atoms with van der Waals surface area (Å²) in [5.41, 5.74) is 1.64. The highest BCUT2D eigenvalue weighted by molar-refractivity contribution is 5.94. The number of nitrogens with one attached hydrogen (secondary N) is 2. The highest BCUT2D eigenvalue weighted by Crippen LogP contribution is 2.38. The molecule has 1 aliphatic carbocycles. The molecule has 22 heavy (non-hydrogen) atoms. The Bertz CT molecular complexity index is 523. The monoisotopic (exact) mass is 304 g/mol. The fourth-order valence-corrected chi connectivity index (χ4v) is 2.37. The van der Waals surface area contributed by atoms with Gasteiger partial charge in [-0.25, -0.2) is 0 Å². The fourth-order valence-electron chi connectivity index (χ4n) is 2.37. The van der Waals surface area contributed by atoms with E-state index in [4.69, 9.17) is 5.11 Å². The largest absolute Gasteiger partial charge is 0.394 e. The second kappa shape index (κ2) is 7.40. The molecule has 0 spiro atoms. The van der Waals surface area contributed by atoms with Crippen molar-refractivity contribution in [1.29, 1.82) is 0 Å². The number of amides is 2. The Balaban J connectivity index is 1.83. The number of anilines is 1. The zero-order chi connectivity index (χ0) is 16.1. The van der Waals surface area contributed by atoms with Crippen LogP contribution in [0.3, 0.4) is 0 Å². The third kappa shape index (κ3) is 4.56. The molecule has 0 heterocycles. The first kappa shape index (κ1) is 16.5. The van der Waals surface area contributed by atoms with Crippen molar-refractivity contribution < 1.29 is 14.7 Å². The van der Waals surface area contributed by atoms with E-state index in [0.717, 1.165) is 17.7 Å². The van der Waals surface area contributed by atoms with Crippen LogP contribution in [0.5, 0.6) is 0 Å². The molecule has 2 amide bonds. The van der Waals surface area contributed by atoms with Gasteiger partial charge in [0, 0.05) is 11.6 Å². The van der Waals surface area contributed by atoms with Crippen LogP contribution in [0.1, 0.15) is 32.3 Å². The number of carbonyl (C=O) groups excluding carboxylic acids is 2. The third-order valence-corrected chi connectivity index (χ3v) is 4.11. The highest BCUT2D eigenvalue weighted by Gasteiger charge is 2.38. The van der Waals surface area contributed by atoms with E-state index in [9.17, 15) is 9.59 Å². The lowest BCUT2D eigenvalue weighted by Crippen LogP contribution is -2.37. The topological polar surface area (TPSA) is 78.4 Å². The van der Waals surface area contributed by atoms with Gasteiger partial charge in [-0.3, -0.25) is 9.59 Å². The zero-order valence-electron chi connectivity index (χ0n) is 13.1. The van der Waals surface area contributed by atoms with Crippen LogP contribution < -0.4 is 10.6 Å². The van der Waals surface area contributed by atoms with E-state index >= 15 is 0 Å². The Kier molecular flexibility index (Phi) is 5.55. The zero-order valence-corrected chi connectivity index (χ0v) is 13.1. The van der Waals surface area contributed by atoms with E-state index in [1.54, 1.807) is 0 Å². The Morgan fingerprint density at radius 1 is 1.32 bits per heavy atom. The van der Waals surface area contributed by atoms with Crippen molar-refractivity contribution in [2.24, 2.45) is 11.8 Å². The van der Waals surface area contributed by atoms with Crippen LogP contribution in [-0.2, 0) is 16.0 Å². The Morgan fingerprint density at radius 2 is 1.95 bits per heavy atom. The standard InChI is InChI=1S/C17H24N2O3/c1-3-13(10-20)18-16(21)9-12-4-6-14(7-5-12)19-17(22)15-8-11(15)2/h4-7,11,13,15,20H,3,8-10H2,1-2H3,(H,18,21)(H,19,22)/t11-,13-,15-/m1/s1. The summed E-state index contributed by atoms with van der Waals surface area (Å²) in [6.45, 7) is 3.94. The first-order chi connectivity index (χ1) is 10.5. The average Bonchev–Trinajstić information content (AvgIpc) is 3.24. The van der Waals surface area contributed by atoms with Gasteiger partial charge in [0.1, 0.15) is 0 Å². The summed E-state index contributed by atoms with van der Waals surface area (Å²) in [4.78, 5) is 23.7. The first-order valence-corrected chi connectivity index (χ1v) is 7.83. The summed E-state index contributed by atoms with van der Waals surface area (Å²) in [6.07, 6.45) is 1.94. The summed E-state index contributed by atoms with van der Waals surface area (Å²) in [6, 6.07) is 7.12. The molecule has 5 nitrogen and oxygen atoms in total. The second-order valence-corrected chi connectivity index (χ2v) is 6.04. The van der Waals surface area contributed by atoms with Crippen LogP contribution in [0.2, 0.25) is 0 Å². The van der Waals surface area contributed by atoms with E-state index < -0.39 is 0 Å². The third-order valence-electron chi connectivity index (χ3n) is 4.11. The molecule has 3 N–H and O–H groups in total. The Morgan fingerprint density at radius 3 is 2.45 bits per heavy atom. The second-order valence-electron chi connectivity index (χ2n) is 6.04. The van der Waals surface area contributed by atoms with Gasteiger partial charge in [0.25, 0.3) is 0 Å². The summed E-state index contributed by atoms with van der Waals surface area (Å²) in [7, 11) is 0. The van der Waals surface area contributed by atoms with Crippen LogP contribution in [0.4, 0.5) is 5.69 Å². The van der Waals surface area contributed by atoms with E-state index in [2.05, 4.69) is 17.6 Å². The van der Waals surface area contributed by atoms with Gasteiger partial charge >= 0.3 is 0 Å². The van der Waals surface area contributed by atoms with Gasteiger partial charge in [-0.15, -0.1) is 0 Å². The van der Waals surface area contributed by atoms with Crippen LogP contribution >= 0.6 is 0 Å². The quantitative estimate of drug-likeness (QED) is 0.717. The maximum Gasteiger partial charge on any atom is 0.227 e. The normalized spacial score (nSPS) is 21.0. The van der Waals surface area contributed by atoms with E-state index in [-0.39, 0.29) is 36.8 Å². The lowest BCUT2D eigenvalue weighted by atomic mass is 10.1. The number of hydrogen-bond donors (Lipinski definition) is 3. The van der Waals surface area contributed by atoms with Gasteiger partial charge in [0.05, 0.1) is 19.1 Å². The minimum absolute atomic E-state index is 0.0488.